The van der Waals surface area contributed by atoms with Gasteiger partial charge in [-0.3, -0.25) is 9.59 Å². The number of nitrogens with one attached hydrogen (secondary N) is 2. The van der Waals surface area contributed by atoms with Gasteiger partial charge in [0.05, 0.1) is 19.2 Å². The first-order valence-corrected chi connectivity index (χ1v) is 8.84. The first kappa shape index (κ1) is 16.6. The summed E-state index contributed by atoms with van der Waals surface area (Å²) >= 11 is 0. The minimum atomic E-state index is -0.381. The maximum Gasteiger partial charge on any atom is 0.337 e. The van der Waals surface area contributed by atoms with E-state index in [0.29, 0.717) is 18.7 Å². The van der Waals surface area contributed by atoms with E-state index in [0.717, 1.165) is 41.4 Å². The molecule has 2 amide bonds. The molecule has 0 unspecified atom stereocenters. The zero-order valence-corrected chi connectivity index (χ0v) is 14.6. The van der Waals surface area contributed by atoms with Crippen molar-refractivity contribution in [3.05, 3.63) is 35.0 Å². The van der Waals surface area contributed by atoms with Gasteiger partial charge in [0.15, 0.2) is 0 Å². The fourth-order valence-corrected chi connectivity index (χ4v) is 3.44. The molecule has 1 fully saturated rings. The summed E-state index contributed by atoms with van der Waals surface area (Å²) in [5, 5.41) is 3.66. The number of esters is 1. The van der Waals surface area contributed by atoms with Crippen LogP contribution in [0.1, 0.15) is 34.5 Å². The van der Waals surface area contributed by atoms with Crippen molar-refractivity contribution in [3.63, 3.8) is 0 Å². The van der Waals surface area contributed by atoms with E-state index in [1.807, 2.05) is 6.07 Å². The van der Waals surface area contributed by atoms with Gasteiger partial charge >= 0.3 is 5.97 Å². The summed E-state index contributed by atoms with van der Waals surface area (Å²) in [6.07, 6.45) is 2.57. The third kappa shape index (κ3) is 3.05. The molecule has 7 nitrogen and oxygen atoms in total. The molecule has 2 N–H and O–H groups in total. The smallest absolute Gasteiger partial charge is 0.337 e. The molecule has 0 saturated heterocycles. The van der Waals surface area contributed by atoms with Crippen LogP contribution in [0, 0.1) is 5.92 Å². The summed E-state index contributed by atoms with van der Waals surface area (Å²) < 4.78 is 4.79. The maximum atomic E-state index is 12.5. The van der Waals surface area contributed by atoms with Crippen LogP contribution < -0.4 is 5.32 Å². The Bertz CT molecular complexity index is 898. The van der Waals surface area contributed by atoms with Crippen molar-refractivity contribution in [2.75, 3.05) is 20.2 Å². The molecule has 26 heavy (non-hydrogen) atoms. The zero-order chi connectivity index (χ0) is 18.3. The Kier molecular flexibility index (Phi) is 4.14. The van der Waals surface area contributed by atoms with Gasteiger partial charge in [-0.1, -0.05) is 0 Å². The molecular formula is C19H21N3O4. The molecule has 1 aliphatic heterocycles. The standard InChI is InChI=1S/C19H21N3O4/c1-26-19(25)12-4-5-15-13(8-12)14-10-22(7-6-16(14)21-15)17(23)9-20-18(24)11-2-3-11/h4-5,8,11,21H,2-3,6-7,9-10H2,1H3,(H,20,24). The fraction of sp³-hybridized carbons (Fsp3) is 0.421. The van der Waals surface area contributed by atoms with E-state index >= 15 is 0 Å². The van der Waals surface area contributed by atoms with Gasteiger partial charge in [0.2, 0.25) is 11.8 Å². The minimum absolute atomic E-state index is 0.0223. The fourth-order valence-electron chi connectivity index (χ4n) is 3.44. The lowest BCUT2D eigenvalue weighted by atomic mass is 10.0. The second-order valence-corrected chi connectivity index (χ2v) is 6.89. The summed E-state index contributed by atoms with van der Waals surface area (Å²) in [5.41, 5.74) is 3.55. The van der Waals surface area contributed by atoms with Crippen molar-refractivity contribution in [3.8, 4) is 0 Å². The lowest BCUT2D eigenvalue weighted by Crippen LogP contribution is -2.42. The number of nitrogens with zero attached hydrogens (tertiary/aromatic N) is 1. The molecule has 1 aromatic carbocycles. The number of carbonyl (C=O) groups excluding carboxylic acids is 3. The topological polar surface area (TPSA) is 91.5 Å². The number of methoxy groups -OCH3 is 1. The Morgan fingerprint density at radius 2 is 2.12 bits per heavy atom. The molecule has 1 aromatic heterocycles. The van der Waals surface area contributed by atoms with Gasteiger partial charge in [0, 0.05) is 47.6 Å². The molecule has 1 aliphatic carbocycles. The molecule has 1 saturated carbocycles. The maximum absolute atomic E-state index is 12.5. The van der Waals surface area contributed by atoms with Crippen molar-refractivity contribution in [2.45, 2.75) is 25.8 Å². The molecule has 2 aliphatic rings. The highest BCUT2D eigenvalue weighted by Crippen LogP contribution is 2.30. The Morgan fingerprint density at radius 1 is 1.31 bits per heavy atom. The number of hydrogen-bond donors (Lipinski definition) is 2. The SMILES string of the molecule is COC(=O)c1ccc2[nH]c3c(c2c1)CN(C(=O)CNC(=O)C1CC1)CC3. The highest BCUT2D eigenvalue weighted by atomic mass is 16.5. The number of benzene rings is 1. The Labute approximate surface area is 150 Å². The molecule has 0 atom stereocenters. The van der Waals surface area contributed by atoms with Crippen LogP contribution in [-0.2, 0) is 27.3 Å². The average molecular weight is 355 g/mol. The van der Waals surface area contributed by atoms with E-state index in [4.69, 9.17) is 4.74 Å². The number of fused-ring (bicyclic) bond motifs is 3. The lowest BCUT2D eigenvalue weighted by molar-refractivity contribution is -0.133. The van der Waals surface area contributed by atoms with Crippen LogP contribution in [0.5, 0.6) is 0 Å². The highest BCUT2D eigenvalue weighted by molar-refractivity contribution is 5.96. The molecule has 7 heteroatoms. The molecule has 2 aromatic rings. The molecule has 0 spiro atoms. The van der Waals surface area contributed by atoms with E-state index in [1.165, 1.54) is 7.11 Å². The van der Waals surface area contributed by atoms with E-state index in [-0.39, 0.29) is 30.2 Å². The number of aromatic amines is 1. The van der Waals surface area contributed by atoms with Crippen LogP contribution in [0.25, 0.3) is 10.9 Å². The van der Waals surface area contributed by atoms with Crippen molar-refractivity contribution < 1.29 is 19.1 Å². The normalized spacial score (nSPS) is 16.3. The van der Waals surface area contributed by atoms with Gasteiger partial charge in [-0.15, -0.1) is 0 Å². The second-order valence-electron chi connectivity index (χ2n) is 6.89. The van der Waals surface area contributed by atoms with Gasteiger partial charge in [-0.25, -0.2) is 4.79 Å². The Morgan fingerprint density at radius 3 is 2.85 bits per heavy atom. The van der Waals surface area contributed by atoms with Crippen LogP contribution >= 0.6 is 0 Å². The van der Waals surface area contributed by atoms with Crippen LogP contribution in [0.2, 0.25) is 0 Å². The number of ether oxygens (including phenoxy) is 1. The second kappa shape index (κ2) is 6.48. The quantitative estimate of drug-likeness (QED) is 0.810. The predicted octanol–water partition coefficient (Wildman–Crippen LogP) is 1.37. The van der Waals surface area contributed by atoms with Crippen LogP contribution in [0.15, 0.2) is 18.2 Å². The van der Waals surface area contributed by atoms with E-state index in [2.05, 4.69) is 10.3 Å². The minimum Gasteiger partial charge on any atom is -0.465 e. The first-order valence-electron chi connectivity index (χ1n) is 8.84. The summed E-state index contributed by atoms with van der Waals surface area (Å²) in [5.74, 6) is -0.386. The number of carbonyl (C=O) groups is 3. The Balaban J connectivity index is 1.52. The molecule has 0 bridgehead atoms. The number of H-pyrrole nitrogens is 1. The molecule has 4 rings (SSSR count). The molecule has 136 valence electrons. The third-order valence-electron chi connectivity index (χ3n) is 5.11. The highest BCUT2D eigenvalue weighted by Gasteiger charge is 2.30. The van der Waals surface area contributed by atoms with Crippen molar-refractivity contribution >= 4 is 28.7 Å². The molecule has 0 radical (unpaired) electrons. The first-order chi connectivity index (χ1) is 12.6. The van der Waals surface area contributed by atoms with Gasteiger partial charge in [0.1, 0.15) is 0 Å². The number of rotatable bonds is 4. The van der Waals surface area contributed by atoms with Crippen molar-refractivity contribution in [1.82, 2.24) is 15.2 Å². The van der Waals surface area contributed by atoms with E-state index in [9.17, 15) is 14.4 Å². The van der Waals surface area contributed by atoms with Gasteiger partial charge in [-0.2, -0.15) is 0 Å². The largest absolute Gasteiger partial charge is 0.465 e. The summed E-state index contributed by atoms with van der Waals surface area (Å²) in [6, 6.07) is 5.40. The summed E-state index contributed by atoms with van der Waals surface area (Å²) in [4.78, 5) is 41.1. The molecule has 2 heterocycles. The number of amides is 2. The molecular weight excluding hydrogens is 334 g/mol. The zero-order valence-electron chi connectivity index (χ0n) is 14.6. The van der Waals surface area contributed by atoms with Gasteiger partial charge in [0.25, 0.3) is 0 Å². The lowest BCUT2D eigenvalue weighted by Gasteiger charge is -2.27. The van der Waals surface area contributed by atoms with E-state index < -0.39 is 0 Å². The summed E-state index contributed by atoms with van der Waals surface area (Å²) in [7, 11) is 1.36. The predicted molar refractivity (Wildman–Crippen MR) is 94.5 cm³/mol. The Hall–Kier alpha value is -2.83. The number of hydrogen-bond acceptors (Lipinski definition) is 4. The third-order valence-corrected chi connectivity index (χ3v) is 5.11. The van der Waals surface area contributed by atoms with Crippen LogP contribution in [0.4, 0.5) is 0 Å². The van der Waals surface area contributed by atoms with Crippen LogP contribution in [0.3, 0.4) is 0 Å². The van der Waals surface area contributed by atoms with Crippen molar-refractivity contribution in [1.29, 1.82) is 0 Å². The van der Waals surface area contributed by atoms with Gasteiger partial charge < -0.3 is 19.9 Å². The van der Waals surface area contributed by atoms with Crippen molar-refractivity contribution in [2.24, 2.45) is 5.92 Å². The van der Waals surface area contributed by atoms with E-state index in [1.54, 1.807) is 17.0 Å². The summed E-state index contributed by atoms with van der Waals surface area (Å²) in [6.45, 7) is 1.13. The van der Waals surface area contributed by atoms with Crippen LogP contribution in [-0.4, -0.2) is 47.9 Å². The monoisotopic (exact) mass is 355 g/mol. The number of aromatic nitrogens is 1. The average Bonchev–Trinajstić information content (AvgIpc) is 3.45. The van der Waals surface area contributed by atoms with Gasteiger partial charge in [-0.05, 0) is 31.0 Å².